The van der Waals surface area contributed by atoms with E-state index in [1.165, 1.54) is 6.21 Å². The summed E-state index contributed by atoms with van der Waals surface area (Å²) >= 11 is 0. The number of benzene rings is 1. The van der Waals surface area contributed by atoms with Gasteiger partial charge in [0.15, 0.2) is 0 Å². The first-order chi connectivity index (χ1) is 10.3. The molecule has 0 heterocycles. The number of hydrogen-bond acceptors (Lipinski definition) is 4. The molecule has 0 spiro atoms. The van der Waals surface area contributed by atoms with Crippen molar-refractivity contribution in [1.82, 2.24) is 0 Å². The maximum Gasteiger partial charge on any atom is 0.335 e. The van der Waals surface area contributed by atoms with Gasteiger partial charge in [-0.15, -0.1) is 0 Å². The second kappa shape index (κ2) is 6.42. The van der Waals surface area contributed by atoms with Gasteiger partial charge in [0.25, 0.3) is 0 Å². The molecule has 0 amide bonds. The van der Waals surface area contributed by atoms with Crippen LogP contribution in [0.15, 0.2) is 29.4 Å². The third-order valence-corrected chi connectivity index (χ3v) is 4.77. The summed E-state index contributed by atoms with van der Waals surface area (Å²) in [5.41, 5.74) is 1.89. The van der Waals surface area contributed by atoms with Gasteiger partial charge < -0.3 is 4.84 Å². The highest BCUT2D eigenvalue weighted by atomic mass is 16.7. The van der Waals surface area contributed by atoms with Gasteiger partial charge in [-0.1, -0.05) is 48.8 Å². The van der Waals surface area contributed by atoms with Gasteiger partial charge in [-0.3, -0.25) is 4.79 Å². The fourth-order valence-electron chi connectivity index (χ4n) is 3.19. The third kappa shape index (κ3) is 3.62. The van der Waals surface area contributed by atoms with Crippen LogP contribution in [0.4, 0.5) is 0 Å². The van der Waals surface area contributed by atoms with Crippen LogP contribution >= 0.6 is 0 Å². The molecule has 0 aromatic heterocycles. The normalized spacial score (nSPS) is 23.1. The molecule has 0 radical (unpaired) electrons. The predicted octanol–water partition coefficient (Wildman–Crippen LogP) is 3.51. The van der Waals surface area contributed by atoms with E-state index in [1.807, 2.05) is 45.0 Å². The van der Waals surface area contributed by atoms with E-state index >= 15 is 0 Å². The van der Waals surface area contributed by atoms with Crippen LogP contribution in [0.3, 0.4) is 0 Å². The first kappa shape index (κ1) is 16.4. The average molecular weight is 301 g/mol. The summed E-state index contributed by atoms with van der Waals surface area (Å²) in [6, 6.07) is 7.78. The van der Waals surface area contributed by atoms with Crippen LogP contribution < -0.4 is 0 Å². The number of Topliss-reactive ketones (excluding diaryl/α,β-unsaturated/α-hetero) is 1. The summed E-state index contributed by atoms with van der Waals surface area (Å²) in [6.45, 7) is 7.69. The van der Waals surface area contributed by atoms with Gasteiger partial charge in [-0.05, 0) is 37.2 Å². The van der Waals surface area contributed by atoms with Crippen LogP contribution in [-0.2, 0) is 14.4 Å². The molecule has 2 atom stereocenters. The van der Waals surface area contributed by atoms with E-state index in [9.17, 15) is 9.59 Å². The van der Waals surface area contributed by atoms with E-state index in [1.54, 1.807) is 6.92 Å². The Morgan fingerprint density at radius 2 is 2.14 bits per heavy atom. The maximum absolute atomic E-state index is 11.8. The zero-order valence-corrected chi connectivity index (χ0v) is 13.6. The summed E-state index contributed by atoms with van der Waals surface area (Å²) in [6.07, 6.45) is 2.61. The molecular weight excluding hydrogens is 278 g/mol. The van der Waals surface area contributed by atoms with Crippen LogP contribution in [0, 0.1) is 24.2 Å². The summed E-state index contributed by atoms with van der Waals surface area (Å²) in [5, 5.41) is 3.75. The second-order valence-electron chi connectivity index (χ2n) is 6.73. The molecule has 0 N–H and O–H groups in total. The highest BCUT2D eigenvalue weighted by Gasteiger charge is 2.50. The van der Waals surface area contributed by atoms with Crippen molar-refractivity contribution in [1.29, 1.82) is 0 Å². The van der Waals surface area contributed by atoms with Crippen LogP contribution in [0.5, 0.6) is 0 Å². The smallest absolute Gasteiger partial charge is 0.318 e. The maximum atomic E-state index is 11.8. The molecule has 1 fully saturated rings. The zero-order chi connectivity index (χ0) is 16.3. The fourth-order valence-corrected chi connectivity index (χ4v) is 3.19. The lowest BCUT2D eigenvalue weighted by molar-refractivity contribution is -0.153. The first-order valence-electron chi connectivity index (χ1n) is 7.61. The standard InChI is InChI=1S/C18H23NO3/c1-12-6-5-7-14(8-12)11-19-22-17(21)10-15-9-16(13(2)20)18(15,3)4/h5-8,11,15-16H,9-10H2,1-4H3/t15-,16+/m0/s1. The molecule has 2 rings (SSSR count). The molecule has 4 heteroatoms. The summed E-state index contributed by atoms with van der Waals surface area (Å²) in [7, 11) is 0. The number of aryl methyl sites for hydroxylation is 1. The largest absolute Gasteiger partial charge is 0.335 e. The van der Waals surface area contributed by atoms with Crippen molar-refractivity contribution in [2.24, 2.45) is 22.4 Å². The SMILES string of the molecule is CC(=O)[C@H]1C[C@@H](CC(=O)ON=Cc2cccc(C)c2)C1(C)C. The van der Waals surface area contributed by atoms with Gasteiger partial charge in [0.1, 0.15) is 5.78 Å². The van der Waals surface area contributed by atoms with E-state index in [0.29, 0.717) is 6.42 Å². The third-order valence-electron chi connectivity index (χ3n) is 4.77. The summed E-state index contributed by atoms with van der Waals surface area (Å²) < 4.78 is 0. The minimum absolute atomic E-state index is 0.0566. The molecule has 1 aliphatic carbocycles. The molecule has 0 saturated heterocycles. The first-order valence-corrected chi connectivity index (χ1v) is 7.61. The molecule has 1 aliphatic rings. The number of oxime groups is 1. The summed E-state index contributed by atoms with van der Waals surface area (Å²) in [4.78, 5) is 28.3. The average Bonchev–Trinajstić information content (AvgIpc) is 2.42. The van der Waals surface area contributed by atoms with Crippen LogP contribution in [0.1, 0.15) is 44.7 Å². The van der Waals surface area contributed by atoms with E-state index < -0.39 is 0 Å². The van der Waals surface area contributed by atoms with Crippen molar-refractivity contribution in [2.75, 3.05) is 0 Å². The van der Waals surface area contributed by atoms with Crippen LogP contribution in [0.25, 0.3) is 0 Å². The van der Waals surface area contributed by atoms with Crippen molar-refractivity contribution in [3.8, 4) is 0 Å². The molecule has 1 saturated carbocycles. The lowest BCUT2D eigenvalue weighted by Gasteiger charge is -2.50. The minimum atomic E-state index is -0.344. The Morgan fingerprint density at radius 3 is 2.73 bits per heavy atom. The van der Waals surface area contributed by atoms with Crippen molar-refractivity contribution in [3.63, 3.8) is 0 Å². The Hall–Kier alpha value is -1.97. The molecule has 1 aromatic carbocycles. The van der Waals surface area contributed by atoms with Gasteiger partial charge >= 0.3 is 5.97 Å². The van der Waals surface area contributed by atoms with Crippen molar-refractivity contribution in [3.05, 3.63) is 35.4 Å². The number of carbonyl (C=O) groups excluding carboxylic acids is 2. The molecule has 1 aromatic rings. The lowest BCUT2D eigenvalue weighted by Crippen LogP contribution is -2.48. The van der Waals surface area contributed by atoms with Crippen molar-refractivity contribution in [2.45, 2.75) is 40.5 Å². The van der Waals surface area contributed by atoms with Crippen LogP contribution in [0.2, 0.25) is 0 Å². The van der Waals surface area contributed by atoms with E-state index in [2.05, 4.69) is 5.16 Å². The van der Waals surface area contributed by atoms with Crippen molar-refractivity contribution >= 4 is 18.0 Å². The highest BCUT2D eigenvalue weighted by Crippen LogP contribution is 2.53. The van der Waals surface area contributed by atoms with E-state index in [-0.39, 0.29) is 29.0 Å². The van der Waals surface area contributed by atoms with E-state index in [4.69, 9.17) is 4.84 Å². The minimum Gasteiger partial charge on any atom is -0.318 e. The molecule has 0 unspecified atom stereocenters. The van der Waals surface area contributed by atoms with Gasteiger partial charge in [0, 0.05) is 5.92 Å². The number of nitrogens with zero attached hydrogens (tertiary/aromatic N) is 1. The van der Waals surface area contributed by atoms with Gasteiger partial charge in [0.2, 0.25) is 0 Å². The highest BCUT2D eigenvalue weighted by molar-refractivity contribution is 5.81. The Kier molecular flexibility index (Phi) is 4.79. The van der Waals surface area contributed by atoms with Gasteiger partial charge in [-0.2, -0.15) is 0 Å². The quantitative estimate of drug-likeness (QED) is 0.475. The van der Waals surface area contributed by atoms with Gasteiger partial charge in [0.05, 0.1) is 12.6 Å². The Balaban J connectivity index is 1.83. The zero-order valence-electron chi connectivity index (χ0n) is 13.6. The Labute approximate surface area is 131 Å². The molecule has 0 bridgehead atoms. The molecule has 22 heavy (non-hydrogen) atoms. The predicted molar refractivity (Wildman–Crippen MR) is 85.5 cm³/mol. The van der Waals surface area contributed by atoms with E-state index in [0.717, 1.165) is 17.5 Å². The second-order valence-corrected chi connectivity index (χ2v) is 6.73. The number of ketones is 1. The fraction of sp³-hybridized carbons (Fsp3) is 0.500. The molecule has 118 valence electrons. The number of hydrogen-bond donors (Lipinski definition) is 0. The monoisotopic (exact) mass is 301 g/mol. The Bertz CT molecular complexity index is 604. The summed E-state index contributed by atoms with van der Waals surface area (Å²) in [5.74, 6) is 0.0974. The van der Waals surface area contributed by atoms with Crippen LogP contribution in [-0.4, -0.2) is 18.0 Å². The lowest BCUT2D eigenvalue weighted by atomic mass is 9.53. The number of carbonyl (C=O) groups is 2. The Morgan fingerprint density at radius 1 is 1.41 bits per heavy atom. The van der Waals surface area contributed by atoms with Gasteiger partial charge in [-0.25, -0.2) is 4.79 Å². The van der Waals surface area contributed by atoms with Crippen molar-refractivity contribution < 1.29 is 14.4 Å². The molecule has 0 aliphatic heterocycles. The number of rotatable bonds is 5. The molecule has 4 nitrogen and oxygen atoms in total. The topological polar surface area (TPSA) is 55.7 Å². The molecular formula is C18H23NO3.